The van der Waals surface area contributed by atoms with Gasteiger partial charge in [-0.05, 0) is 61.0 Å². The molecular weight excluding hydrogens is 409 g/mol. The van der Waals surface area contributed by atoms with E-state index in [0.717, 1.165) is 11.1 Å². The summed E-state index contributed by atoms with van der Waals surface area (Å²) in [5.41, 5.74) is 4.38. The van der Waals surface area contributed by atoms with Crippen molar-refractivity contribution in [2.45, 2.75) is 6.92 Å². The van der Waals surface area contributed by atoms with Gasteiger partial charge < -0.3 is 5.32 Å². The molecule has 0 saturated heterocycles. The first-order chi connectivity index (χ1) is 15.6. The van der Waals surface area contributed by atoms with Crippen LogP contribution in [-0.2, 0) is 0 Å². The number of nitrogens with zero attached hydrogens (tertiary/aromatic N) is 6. The Morgan fingerprint density at radius 2 is 1.91 bits per heavy atom. The SMILES string of the molecule is Cc1cc(-c2nc3cccnn3c2-c2ccnc(NC(=O)c3ccnnc3)c2)ccc1F. The van der Waals surface area contributed by atoms with Crippen molar-refractivity contribution < 1.29 is 9.18 Å². The van der Waals surface area contributed by atoms with Gasteiger partial charge in [-0.3, -0.25) is 4.79 Å². The zero-order valence-corrected chi connectivity index (χ0v) is 16.9. The van der Waals surface area contributed by atoms with Crippen LogP contribution >= 0.6 is 0 Å². The van der Waals surface area contributed by atoms with Gasteiger partial charge in [0.1, 0.15) is 17.3 Å². The monoisotopic (exact) mass is 425 g/mol. The molecule has 0 atom stereocenters. The van der Waals surface area contributed by atoms with Crippen LogP contribution in [0.25, 0.3) is 28.2 Å². The molecule has 0 radical (unpaired) electrons. The van der Waals surface area contributed by atoms with Crippen LogP contribution in [0.1, 0.15) is 15.9 Å². The Bertz CT molecular complexity index is 1450. The molecule has 4 heterocycles. The number of hydrogen-bond donors (Lipinski definition) is 1. The van der Waals surface area contributed by atoms with E-state index >= 15 is 0 Å². The Morgan fingerprint density at radius 1 is 1.00 bits per heavy atom. The molecule has 1 aromatic carbocycles. The number of halogens is 1. The number of nitrogens with one attached hydrogen (secondary N) is 1. The first-order valence-electron chi connectivity index (χ1n) is 9.75. The van der Waals surface area contributed by atoms with E-state index in [2.05, 4.69) is 25.6 Å². The van der Waals surface area contributed by atoms with Crippen molar-refractivity contribution in [1.29, 1.82) is 0 Å². The standard InChI is InChI=1S/C23H16FN7O/c1-14-11-15(4-5-18(14)24)21-22(31-20(30-21)3-2-8-28-31)16-6-9-25-19(12-16)29-23(32)17-7-10-26-27-13-17/h2-13H,1H3,(H,25,29,32). The fourth-order valence-electron chi connectivity index (χ4n) is 3.40. The van der Waals surface area contributed by atoms with Gasteiger partial charge in [-0.25, -0.2) is 18.9 Å². The van der Waals surface area contributed by atoms with Gasteiger partial charge in [-0.1, -0.05) is 0 Å². The summed E-state index contributed by atoms with van der Waals surface area (Å²) in [6.45, 7) is 1.71. The number of fused-ring (bicyclic) bond motifs is 1. The lowest BCUT2D eigenvalue weighted by molar-refractivity contribution is 0.102. The molecule has 0 aliphatic carbocycles. The van der Waals surface area contributed by atoms with Crippen molar-refractivity contribution >= 4 is 17.4 Å². The molecule has 1 N–H and O–H groups in total. The average molecular weight is 425 g/mol. The van der Waals surface area contributed by atoms with E-state index in [0.29, 0.717) is 34.0 Å². The summed E-state index contributed by atoms with van der Waals surface area (Å²) in [5.74, 6) is -0.275. The largest absolute Gasteiger partial charge is 0.306 e. The van der Waals surface area contributed by atoms with Gasteiger partial charge >= 0.3 is 0 Å². The zero-order chi connectivity index (χ0) is 22.1. The Kier molecular flexibility index (Phi) is 4.83. The molecular formula is C23H16FN7O. The minimum Gasteiger partial charge on any atom is -0.306 e. The third-order valence-corrected chi connectivity index (χ3v) is 4.95. The quantitative estimate of drug-likeness (QED) is 0.468. The second-order valence-electron chi connectivity index (χ2n) is 7.08. The molecule has 156 valence electrons. The molecule has 0 spiro atoms. The molecule has 0 unspecified atom stereocenters. The second-order valence-corrected chi connectivity index (χ2v) is 7.08. The number of anilines is 1. The second kappa shape index (κ2) is 7.95. The van der Waals surface area contributed by atoms with Gasteiger partial charge in [0.2, 0.25) is 0 Å². The number of benzene rings is 1. The molecule has 0 aliphatic rings. The van der Waals surface area contributed by atoms with Crippen molar-refractivity contribution in [3.05, 3.63) is 90.3 Å². The van der Waals surface area contributed by atoms with Gasteiger partial charge in [-0.2, -0.15) is 15.3 Å². The molecule has 0 fully saturated rings. The summed E-state index contributed by atoms with van der Waals surface area (Å²) in [5, 5.41) is 14.6. The van der Waals surface area contributed by atoms with Crippen molar-refractivity contribution in [2.24, 2.45) is 0 Å². The van der Waals surface area contributed by atoms with E-state index in [1.807, 2.05) is 12.1 Å². The van der Waals surface area contributed by atoms with E-state index in [1.165, 1.54) is 18.5 Å². The van der Waals surface area contributed by atoms with E-state index in [4.69, 9.17) is 4.98 Å². The number of pyridine rings is 1. The Morgan fingerprint density at radius 3 is 2.72 bits per heavy atom. The molecule has 5 aromatic rings. The molecule has 0 aliphatic heterocycles. The minimum atomic E-state index is -0.352. The van der Waals surface area contributed by atoms with Crippen LogP contribution in [-0.4, -0.2) is 35.7 Å². The highest BCUT2D eigenvalue weighted by molar-refractivity contribution is 6.03. The maximum Gasteiger partial charge on any atom is 0.258 e. The number of carbonyl (C=O) groups is 1. The predicted molar refractivity (Wildman–Crippen MR) is 116 cm³/mol. The number of aryl methyl sites for hydroxylation is 1. The number of rotatable bonds is 4. The molecule has 0 saturated carbocycles. The number of imidazole rings is 1. The molecule has 1 amide bonds. The number of carbonyl (C=O) groups excluding carboxylic acids is 1. The normalized spacial score (nSPS) is 10.9. The van der Waals surface area contributed by atoms with Crippen LogP contribution in [0.5, 0.6) is 0 Å². The smallest absolute Gasteiger partial charge is 0.258 e. The highest BCUT2D eigenvalue weighted by Gasteiger charge is 2.18. The number of aromatic nitrogens is 6. The van der Waals surface area contributed by atoms with Crippen LogP contribution in [0, 0.1) is 12.7 Å². The Labute approximate surface area is 181 Å². The summed E-state index contributed by atoms with van der Waals surface area (Å²) in [6.07, 6.45) is 6.08. The third kappa shape index (κ3) is 3.56. The van der Waals surface area contributed by atoms with Crippen molar-refractivity contribution in [3.8, 4) is 22.5 Å². The van der Waals surface area contributed by atoms with Crippen LogP contribution < -0.4 is 5.32 Å². The first-order valence-corrected chi connectivity index (χ1v) is 9.75. The Balaban J connectivity index is 1.61. The van der Waals surface area contributed by atoms with Gasteiger partial charge in [0.25, 0.3) is 5.91 Å². The fraction of sp³-hybridized carbons (Fsp3) is 0.0435. The molecule has 5 rings (SSSR count). The number of amides is 1. The summed E-state index contributed by atoms with van der Waals surface area (Å²) in [7, 11) is 0. The van der Waals surface area contributed by atoms with Crippen LogP contribution in [0.4, 0.5) is 10.2 Å². The van der Waals surface area contributed by atoms with Crippen LogP contribution in [0.3, 0.4) is 0 Å². The Hall–Kier alpha value is -4.53. The summed E-state index contributed by atoms with van der Waals surface area (Å²) >= 11 is 0. The lowest BCUT2D eigenvalue weighted by atomic mass is 10.0. The zero-order valence-electron chi connectivity index (χ0n) is 16.9. The van der Waals surface area contributed by atoms with Crippen molar-refractivity contribution in [3.63, 3.8) is 0 Å². The highest BCUT2D eigenvalue weighted by atomic mass is 19.1. The fourth-order valence-corrected chi connectivity index (χ4v) is 3.40. The van der Waals surface area contributed by atoms with Crippen LogP contribution in [0.15, 0.2) is 73.3 Å². The molecule has 9 heteroatoms. The van der Waals surface area contributed by atoms with Crippen molar-refractivity contribution in [1.82, 2.24) is 29.8 Å². The molecule has 32 heavy (non-hydrogen) atoms. The van der Waals surface area contributed by atoms with E-state index in [1.54, 1.807) is 54.2 Å². The first kappa shape index (κ1) is 19.4. The summed E-state index contributed by atoms with van der Waals surface area (Å²) in [6, 6.07) is 13.6. The lowest BCUT2D eigenvalue weighted by Crippen LogP contribution is -2.13. The van der Waals surface area contributed by atoms with E-state index < -0.39 is 0 Å². The van der Waals surface area contributed by atoms with Gasteiger partial charge in [-0.15, -0.1) is 0 Å². The minimum absolute atomic E-state index is 0.281. The summed E-state index contributed by atoms with van der Waals surface area (Å²) in [4.78, 5) is 21.5. The lowest BCUT2D eigenvalue weighted by Gasteiger charge is -2.09. The third-order valence-electron chi connectivity index (χ3n) is 4.95. The van der Waals surface area contributed by atoms with Gasteiger partial charge in [0.15, 0.2) is 5.65 Å². The van der Waals surface area contributed by atoms with Crippen LogP contribution in [0.2, 0.25) is 0 Å². The average Bonchev–Trinajstić information content (AvgIpc) is 3.21. The van der Waals surface area contributed by atoms with Crippen molar-refractivity contribution in [2.75, 3.05) is 5.32 Å². The molecule has 8 nitrogen and oxygen atoms in total. The topological polar surface area (TPSA) is 98.0 Å². The van der Waals surface area contributed by atoms with E-state index in [-0.39, 0.29) is 11.7 Å². The molecule has 4 aromatic heterocycles. The predicted octanol–water partition coefficient (Wildman–Crippen LogP) is 3.95. The summed E-state index contributed by atoms with van der Waals surface area (Å²) < 4.78 is 15.6. The molecule has 0 bridgehead atoms. The van der Waals surface area contributed by atoms with Gasteiger partial charge in [0, 0.05) is 23.5 Å². The highest BCUT2D eigenvalue weighted by Crippen LogP contribution is 2.33. The van der Waals surface area contributed by atoms with Gasteiger partial charge in [0.05, 0.1) is 23.7 Å². The maximum absolute atomic E-state index is 13.9. The van der Waals surface area contributed by atoms with E-state index in [9.17, 15) is 9.18 Å². The maximum atomic E-state index is 13.9. The number of hydrogen-bond acceptors (Lipinski definition) is 6.